The van der Waals surface area contributed by atoms with Crippen LogP contribution in [0.15, 0.2) is 310 Å². The number of rotatable bonds is 9. The molecule has 0 atom stereocenters. The van der Waals surface area contributed by atoms with Gasteiger partial charge < -0.3 is 14.0 Å². The second kappa shape index (κ2) is 17.7. The van der Waals surface area contributed by atoms with Crippen LogP contribution < -0.4 is 4.90 Å². The van der Waals surface area contributed by atoms with Crippen LogP contribution in [0.3, 0.4) is 0 Å². The van der Waals surface area contributed by atoms with E-state index >= 15 is 0 Å². The zero-order valence-corrected chi connectivity index (χ0v) is 43.3. The van der Waals surface area contributed by atoms with Crippen molar-refractivity contribution in [2.24, 2.45) is 0 Å². The summed E-state index contributed by atoms with van der Waals surface area (Å²) in [6.45, 7) is 0. The Hall–Kier alpha value is -10.2. The average molecular weight is 1010 g/mol. The fraction of sp³-hybridized carbons (Fsp3) is 0.0263. The molecule has 12 aromatic carbocycles. The third-order valence-electron chi connectivity index (χ3n) is 17.3. The first-order chi connectivity index (χ1) is 39.2. The van der Waals surface area contributed by atoms with Gasteiger partial charge in [-0.05, 0) is 152 Å². The number of nitrogens with zero attached hydrogens (tertiary/aromatic N) is 3. The smallest absolute Gasteiger partial charge is 0.0714 e. The third kappa shape index (κ3) is 6.54. The van der Waals surface area contributed by atoms with E-state index in [1.54, 1.807) is 0 Å². The van der Waals surface area contributed by atoms with E-state index in [1.807, 2.05) is 0 Å². The predicted molar refractivity (Wildman–Crippen MR) is 327 cm³/mol. The van der Waals surface area contributed by atoms with Gasteiger partial charge in [0.25, 0.3) is 0 Å². The van der Waals surface area contributed by atoms with Crippen molar-refractivity contribution < 1.29 is 0 Å². The molecule has 3 heteroatoms. The van der Waals surface area contributed by atoms with Crippen LogP contribution in [0, 0.1) is 0 Å². The standard InChI is InChI=1S/C76H51N3/c1-7-23-53(24-8-1)75(54-25-9-2-10-26-54)68-37-21-19-35-62(68)64-42-39-60(49-70(64)75)78(61-40-43-65-63-36-20-22-38-69(63)76(71(65)50-61,55-27-11-3-12-28-55)56-29-13-4-14-30-56)59-41-44-72-66(48-59)67-51-73-52(45-46-77(73)57-31-15-5-16-32-57)47-74(67)79(72)58-33-17-6-18-34-58/h1-51H. The van der Waals surface area contributed by atoms with Crippen molar-refractivity contribution in [1.82, 2.24) is 9.13 Å². The highest BCUT2D eigenvalue weighted by Crippen LogP contribution is 2.60. The van der Waals surface area contributed by atoms with Crippen LogP contribution in [0.2, 0.25) is 0 Å². The second-order valence-corrected chi connectivity index (χ2v) is 21.2. The zero-order chi connectivity index (χ0) is 52.1. The van der Waals surface area contributed by atoms with E-state index in [0.717, 1.165) is 34.0 Å². The molecule has 0 unspecified atom stereocenters. The van der Waals surface area contributed by atoms with Crippen molar-refractivity contribution >= 4 is 49.8 Å². The summed E-state index contributed by atoms with van der Waals surface area (Å²) in [5, 5.41) is 3.56. The van der Waals surface area contributed by atoms with E-state index in [9.17, 15) is 0 Å². The summed E-state index contributed by atoms with van der Waals surface area (Å²) < 4.78 is 4.76. The summed E-state index contributed by atoms with van der Waals surface area (Å²) in [5.41, 5.74) is 22.9. The highest BCUT2D eigenvalue weighted by molar-refractivity contribution is 6.14. The molecular weight excluding hydrogens is 955 g/mol. The Balaban J connectivity index is 1.000. The van der Waals surface area contributed by atoms with E-state index in [4.69, 9.17) is 0 Å². The van der Waals surface area contributed by atoms with Gasteiger partial charge in [-0.25, -0.2) is 0 Å². The molecule has 0 bridgehead atoms. The number of fused-ring (bicyclic) bond motifs is 10. The molecule has 0 saturated heterocycles. The van der Waals surface area contributed by atoms with Crippen molar-refractivity contribution in [1.29, 1.82) is 0 Å². The Morgan fingerprint density at radius 1 is 0.266 bits per heavy atom. The van der Waals surface area contributed by atoms with E-state index in [-0.39, 0.29) is 0 Å². The van der Waals surface area contributed by atoms with Crippen LogP contribution in [0.1, 0.15) is 44.5 Å². The Labute approximate surface area is 459 Å². The van der Waals surface area contributed by atoms with Gasteiger partial charge >= 0.3 is 0 Å². The molecule has 2 aromatic heterocycles. The van der Waals surface area contributed by atoms with Gasteiger partial charge in [-0.3, -0.25) is 0 Å². The molecule has 0 spiro atoms. The fourth-order valence-electron chi connectivity index (χ4n) is 14.0. The summed E-state index contributed by atoms with van der Waals surface area (Å²) in [7, 11) is 0. The Kier molecular flexibility index (Phi) is 10.1. The molecule has 0 amide bonds. The lowest BCUT2D eigenvalue weighted by atomic mass is 9.67. The fourth-order valence-corrected chi connectivity index (χ4v) is 14.0. The van der Waals surface area contributed by atoms with Gasteiger partial charge in [-0.1, -0.05) is 218 Å². The van der Waals surface area contributed by atoms with Crippen LogP contribution >= 0.6 is 0 Å². The number of hydrogen-bond donors (Lipinski definition) is 0. The molecule has 3 nitrogen and oxygen atoms in total. The number of para-hydroxylation sites is 2. The van der Waals surface area contributed by atoms with Gasteiger partial charge in [-0.2, -0.15) is 0 Å². The summed E-state index contributed by atoms with van der Waals surface area (Å²) in [5.74, 6) is 0. The van der Waals surface area contributed by atoms with Crippen molar-refractivity contribution in [3.63, 3.8) is 0 Å². The monoisotopic (exact) mass is 1010 g/mol. The lowest BCUT2D eigenvalue weighted by molar-refractivity contribution is 0.767. The van der Waals surface area contributed by atoms with Crippen molar-refractivity contribution in [3.05, 3.63) is 354 Å². The normalized spacial score (nSPS) is 13.5. The number of aromatic nitrogens is 2. The SMILES string of the molecule is c1ccc(-n2ccc3cc4c(cc32)c2cc(N(c3ccc5c(c3)C(c3ccccc3)(c3ccccc3)c3ccccc3-5)c3ccc5c(c3)C(c3ccccc3)(c3ccccc3)c3ccccc3-5)ccc2n4-c2ccccc2)cc1. The van der Waals surface area contributed by atoms with Crippen LogP contribution in [0.5, 0.6) is 0 Å². The predicted octanol–water partition coefficient (Wildman–Crippen LogP) is 18.9. The highest BCUT2D eigenvalue weighted by Gasteiger charge is 2.48. The first-order valence-electron chi connectivity index (χ1n) is 27.4. The van der Waals surface area contributed by atoms with E-state index in [0.29, 0.717) is 0 Å². The molecule has 79 heavy (non-hydrogen) atoms. The van der Waals surface area contributed by atoms with E-state index < -0.39 is 10.8 Å². The maximum absolute atomic E-state index is 2.53. The molecule has 14 aromatic rings. The lowest BCUT2D eigenvalue weighted by Gasteiger charge is -2.36. The van der Waals surface area contributed by atoms with Crippen LogP contribution in [-0.4, -0.2) is 9.13 Å². The zero-order valence-electron chi connectivity index (χ0n) is 43.3. The average Bonchev–Trinajstić information content (AvgIpc) is 4.16. The van der Waals surface area contributed by atoms with Gasteiger partial charge in [0, 0.05) is 50.8 Å². The highest BCUT2D eigenvalue weighted by atomic mass is 15.1. The molecule has 0 N–H and O–H groups in total. The van der Waals surface area contributed by atoms with E-state index in [2.05, 4.69) is 324 Å². The summed E-state index contributed by atoms with van der Waals surface area (Å²) in [6, 6.07) is 113. The molecule has 370 valence electrons. The Morgan fingerprint density at radius 2 is 0.658 bits per heavy atom. The summed E-state index contributed by atoms with van der Waals surface area (Å²) in [4.78, 5) is 2.53. The quantitative estimate of drug-likeness (QED) is 0.140. The first kappa shape index (κ1) is 45.0. The Morgan fingerprint density at radius 3 is 1.15 bits per heavy atom. The number of anilines is 3. The molecule has 2 aliphatic carbocycles. The first-order valence-corrected chi connectivity index (χ1v) is 27.4. The van der Waals surface area contributed by atoms with Crippen molar-refractivity contribution in [2.45, 2.75) is 10.8 Å². The lowest BCUT2D eigenvalue weighted by Crippen LogP contribution is -2.29. The summed E-state index contributed by atoms with van der Waals surface area (Å²) >= 11 is 0. The topological polar surface area (TPSA) is 13.1 Å². The van der Waals surface area contributed by atoms with Crippen molar-refractivity contribution in [3.8, 4) is 33.6 Å². The minimum absolute atomic E-state index is 0.586. The molecule has 0 saturated carbocycles. The Bertz CT molecular complexity index is 4370. The molecular formula is C76H51N3. The molecule has 0 aliphatic heterocycles. The third-order valence-corrected chi connectivity index (χ3v) is 17.3. The van der Waals surface area contributed by atoms with E-state index in [1.165, 1.54) is 94.0 Å². The largest absolute Gasteiger partial charge is 0.317 e. The maximum atomic E-state index is 2.53. The van der Waals surface area contributed by atoms with Gasteiger partial charge in [0.1, 0.15) is 0 Å². The minimum Gasteiger partial charge on any atom is -0.317 e. The molecule has 0 fully saturated rings. The van der Waals surface area contributed by atoms with Gasteiger partial charge in [0.2, 0.25) is 0 Å². The van der Waals surface area contributed by atoms with Crippen LogP contribution in [0.4, 0.5) is 17.1 Å². The van der Waals surface area contributed by atoms with Gasteiger partial charge in [0.15, 0.2) is 0 Å². The molecule has 2 aliphatic rings. The van der Waals surface area contributed by atoms with Crippen LogP contribution in [0.25, 0.3) is 66.3 Å². The van der Waals surface area contributed by atoms with Gasteiger partial charge in [0.05, 0.1) is 27.4 Å². The second-order valence-electron chi connectivity index (χ2n) is 21.2. The number of benzene rings is 12. The molecule has 16 rings (SSSR count). The number of hydrogen-bond acceptors (Lipinski definition) is 1. The molecule has 0 radical (unpaired) electrons. The van der Waals surface area contributed by atoms with Crippen molar-refractivity contribution in [2.75, 3.05) is 4.90 Å². The van der Waals surface area contributed by atoms with Gasteiger partial charge in [-0.15, -0.1) is 0 Å². The summed E-state index contributed by atoms with van der Waals surface area (Å²) in [6.07, 6.45) is 2.20. The minimum atomic E-state index is -0.586. The van der Waals surface area contributed by atoms with Crippen LogP contribution in [-0.2, 0) is 10.8 Å². The molecule has 2 heterocycles. The maximum Gasteiger partial charge on any atom is 0.0714 e.